The highest BCUT2D eigenvalue weighted by molar-refractivity contribution is 8.21. The molecule has 0 saturated carbocycles. The summed E-state index contributed by atoms with van der Waals surface area (Å²) in [6, 6.07) is 1.80. The summed E-state index contributed by atoms with van der Waals surface area (Å²) in [7, 11) is 0. The van der Waals surface area contributed by atoms with Crippen molar-refractivity contribution < 1.29 is 0 Å². The molecular weight excluding hydrogens is 282 g/mol. The third-order valence-electron chi connectivity index (χ3n) is 5.98. The van der Waals surface area contributed by atoms with Crippen molar-refractivity contribution in [3.63, 3.8) is 0 Å². The lowest BCUT2D eigenvalue weighted by atomic mass is 9.75. The highest BCUT2D eigenvalue weighted by atomic mass is 32.2. The van der Waals surface area contributed by atoms with Crippen molar-refractivity contribution in [1.82, 2.24) is 4.90 Å². The van der Waals surface area contributed by atoms with E-state index >= 15 is 0 Å². The van der Waals surface area contributed by atoms with Crippen molar-refractivity contribution >= 4 is 23.5 Å². The summed E-state index contributed by atoms with van der Waals surface area (Å²) in [6.07, 6.45) is 8.59. The average molecular weight is 314 g/mol. The third-order valence-corrected chi connectivity index (χ3v) is 9.51. The fourth-order valence-corrected chi connectivity index (χ4v) is 8.26. The lowest BCUT2D eigenvalue weighted by Gasteiger charge is -2.51. The summed E-state index contributed by atoms with van der Waals surface area (Å²) in [4.78, 5) is 2.95. The van der Waals surface area contributed by atoms with Crippen LogP contribution >= 0.6 is 23.5 Å². The molecule has 4 atom stereocenters. The maximum absolute atomic E-state index is 2.95. The van der Waals surface area contributed by atoms with Crippen molar-refractivity contribution in [1.29, 1.82) is 0 Å². The fourth-order valence-electron chi connectivity index (χ4n) is 5.01. The molecule has 3 heteroatoms. The molecule has 20 heavy (non-hydrogen) atoms. The van der Waals surface area contributed by atoms with Crippen LogP contribution in [-0.4, -0.2) is 39.1 Å². The van der Waals surface area contributed by atoms with E-state index in [1.165, 1.54) is 56.6 Å². The van der Waals surface area contributed by atoms with Gasteiger partial charge in [0.25, 0.3) is 0 Å². The van der Waals surface area contributed by atoms with Crippen molar-refractivity contribution in [2.75, 3.05) is 18.1 Å². The van der Waals surface area contributed by atoms with Gasteiger partial charge in [0.2, 0.25) is 0 Å². The van der Waals surface area contributed by atoms with Crippen LogP contribution in [0, 0.1) is 11.8 Å². The van der Waals surface area contributed by atoms with Gasteiger partial charge in [0, 0.05) is 23.6 Å². The van der Waals surface area contributed by atoms with E-state index in [2.05, 4.69) is 49.2 Å². The van der Waals surface area contributed by atoms with Crippen LogP contribution < -0.4 is 0 Å². The molecule has 3 fully saturated rings. The van der Waals surface area contributed by atoms with Gasteiger partial charge >= 0.3 is 0 Å². The average Bonchev–Trinajstić information content (AvgIpc) is 3.08. The molecule has 3 saturated heterocycles. The smallest absolute Gasteiger partial charge is 0.0626 e. The van der Waals surface area contributed by atoms with Crippen LogP contribution in [0.2, 0.25) is 0 Å². The van der Waals surface area contributed by atoms with E-state index in [9.17, 15) is 0 Å². The van der Waals surface area contributed by atoms with E-state index in [-0.39, 0.29) is 0 Å². The van der Waals surface area contributed by atoms with Crippen LogP contribution in [0.1, 0.15) is 59.3 Å². The molecule has 1 nitrogen and oxygen atoms in total. The second-order valence-corrected chi connectivity index (χ2v) is 10.4. The van der Waals surface area contributed by atoms with Crippen LogP contribution in [0.5, 0.6) is 0 Å². The van der Waals surface area contributed by atoms with Crippen LogP contribution in [0.4, 0.5) is 0 Å². The maximum atomic E-state index is 2.95. The first-order valence-electron chi connectivity index (χ1n) is 8.73. The summed E-state index contributed by atoms with van der Waals surface area (Å²) < 4.78 is 0.512. The highest BCUT2D eigenvalue weighted by Crippen LogP contribution is 2.56. The molecule has 0 aliphatic carbocycles. The Bertz CT molecular complexity index is 327. The molecular formula is C17H31NS2. The molecule has 0 radical (unpaired) electrons. The molecule has 0 spiro atoms. The molecule has 0 amide bonds. The Kier molecular flexibility index (Phi) is 4.99. The molecule has 3 aliphatic rings. The predicted molar refractivity (Wildman–Crippen MR) is 93.6 cm³/mol. The van der Waals surface area contributed by atoms with Gasteiger partial charge in [-0.1, -0.05) is 26.7 Å². The first-order valence-corrected chi connectivity index (χ1v) is 10.7. The van der Waals surface area contributed by atoms with Crippen LogP contribution in [0.3, 0.4) is 0 Å². The second kappa shape index (κ2) is 6.42. The molecule has 116 valence electrons. The van der Waals surface area contributed by atoms with Gasteiger partial charge in [0.05, 0.1) is 4.08 Å². The Morgan fingerprint density at radius 2 is 1.95 bits per heavy atom. The van der Waals surface area contributed by atoms with Crippen LogP contribution in [0.25, 0.3) is 0 Å². The Morgan fingerprint density at radius 3 is 2.60 bits per heavy atom. The quantitative estimate of drug-likeness (QED) is 0.729. The van der Waals surface area contributed by atoms with Crippen LogP contribution in [0.15, 0.2) is 0 Å². The SMILES string of the molecule is CCC[C@@H]1[C@H](CC)C[C@@H](C2(C)SCCS2)[C@@H]2CCCN12. The summed E-state index contributed by atoms with van der Waals surface area (Å²) in [5.41, 5.74) is 0. The van der Waals surface area contributed by atoms with E-state index in [4.69, 9.17) is 0 Å². The number of piperidine rings is 1. The van der Waals surface area contributed by atoms with Gasteiger partial charge in [-0.05, 0) is 51.0 Å². The number of hydrogen-bond donors (Lipinski definition) is 0. The lowest BCUT2D eigenvalue weighted by Crippen LogP contribution is -2.55. The summed E-state index contributed by atoms with van der Waals surface area (Å²) in [5.74, 6) is 4.63. The summed E-state index contributed by atoms with van der Waals surface area (Å²) >= 11 is 4.53. The van der Waals surface area contributed by atoms with Gasteiger partial charge in [-0.2, -0.15) is 0 Å². The molecule has 0 aromatic carbocycles. The number of fused-ring (bicyclic) bond motifs is 1. The van der Waals surface area contributed by atoms with E-state index in [1.54, 1.807) is 0 Å². The fraction of sp³-hybridized carbons (Fsp3) is 1.00. The minimum absolute atomic E-state index is 0.512. The first kappa shape index (κ1) is 15.6. The monoisotopic (exact) mass is 313 g/mol. The van der Waals surface area contributed by atoms with Crippen molar-refractivity contribution in [3.8, 4) is 0 Å². The van der Waals surface area contributed by atoms with Gasteiger partial charge in [-0.3, -0.25) is 4.90 Å². The predicted octanol–water partition coefficient (Wildman–Crippen LogP) is 4.86. The van der Waals surface area contributed by atoms with E-state index in [1.807, 2.05) is 0 Å². The summed E-state index contributed by atoms with van der Waals surface area (Å²) in [6.45, 7) is 8.74. The minimum Gasteiger partial charge on any atom is -0.297 e. The minimum atomic E-state index is 0.512. The van der Waals surface area contributed by atoms with E-state index in [0.717, 1.165) is 23.9 Å². The number of nitrogens with zero attached hydrogens (tertiary/aromatic N) is 1. The zero-order valence-corrected chi connectivity index (χ0v) is 15.1. The molecule has 0 bridgehead atoms. The molecule has 3 heterocycles. The molecule has 3 rings (SSSR count). The zero-order valence-electron chi connectivity index (χ0n) is 13.4. The van der Waals surface area contributed by atoms with Gasteiger partial charge in [-0.15, -0.1) is 23.5 Å². The third kappa shape index (κ3) is 2.67. The maximum Gasteiger partial charge on any atom is 0.0626 e. The van der Waals surface area contributed by atoms with Crippen molar-refractivity contribution in [2.24, 2.45) is 11.8 Å². The molecule has 0 unspecified atom stereocenters. The lowest BCUT2D eigenvalue weighted by molar-refractivity contribution is 0.0177. The van der Waals surface area contributed by atoms with Crippen LogP contribution in [-0.2, 0) is 0 Å². The summed E-state index contributed by atoms with van der Waals surface area (Å²) in [5, 5.41) is 0. The molecule has 0 aromatic heterocycles. The highest BCUT2D eigenvalue weighted by Gasteiger charge is 2.51. The van der Waals surface area contributed by atoms with Crippen molar-refractivity contribution in [2.45, 2.75) is 75.5 Å². The normalized spacial score (nSPS) is 41.0. The largest absolute Gasteiger partial charge is 0.297 e. The van der Waals surface area contributed by atoms with Gasteiger partial charge in [0.1, 0.15) is 0 Å². The standard InChI is InChI=1S/C17H31NS2/c1-4-7-15-13(5-2)12-14(16-8-6-9-18(15)16)17(3)19-10-11-20-17/h13-16H,4-12H2,1-3H3/t13-,14-,15-,16+/m1/s1. The second-order valence-electron chi connectivity index (χ2n) is 7.03. The zero-order chi connectivity index (χ0) is 14.2. The van der Waals surface area contributed by atoms with Crippen molar-refractivity contribution in [3.05, 3.63) is 0 Å². The number of hydrogen-bond acceptors (Lipinski definition) is 3. The van der Waals surface area contributed by atoms with Gasteiger partial charge in [-0.25, -0.2) is 0 Å². The molecule has 0 aromatic rings. The van der Waals surface area contributed by atoms with E-state index in [0.29, 0.717) is 4.08 Å². The Balaban J connectivity index is 1.82. The molecule has 3 aliphatic heterocycles. The Hall–Kier alpha value is 0.660. The number of rotatable bonds is 4. The van der Waals surface area contributed by atoms with Gasteiger partial charge < -0.3 is 0 Å². The Morgan fingerprint density at radius 1 is 1.20 bits per heavy atom. The Labute approximate surface area is 134 Å². The molecule has 0 N–H and O–H groups in total. The van der Waals surface area contributed by atoms with Gasteiger partial charge in [0.15, 0.2) is 0 Å². The first-order chi connectivity index (χ1) is 9.69. The topological polar surface area (TPSA) is 3.24 Å². The number of thioether (sulfide) groups is 2. The van der Waals surface area contributed by atoms with E-state index < -0.39 is 0 Å².